The topological polar surface area (TPSA) is 35.6 Å². The lowest BCUT2D eigenvalue weighted by molar-refractivity contribution is -0.122. The van der Waals surface area contributed by atoms with Gasteiger partial charge in [0.2, 0.25) is 5.91 Å². The molecule has 1 N–H and O–H groups in total. The number of rotatable bonds is 6. The largest absolute Gasteiger partial charge is 0.351 e. The van der Waals surface area contributed by atoms with Gasteiger partial charge in [-0.3, -0.25) is 14.6 Å². The van der Waals surface area contributed by atoms with E-state index in [4.69, 9.17) is 11.6 Å². The zero-order valence-electron chi connectivity index (χ0n) is 14.5. The molecule has 1 fully saturated rings. The van der Waals surface area contributed by atoms with E-state index in [1.54, 1.807) is 11.3 Å². The zero-order valence-corrected chi connectivity index (χ0v) is 16.1. The van der Waals surface area contributed by atoms with E-state index in [-0.39, 0.29) is 5.91 Å². The molecule has 2 heterocycles. The van der Waals surface area contributed by atoms with Crippen LogP contribution in [0.2, 0.25) is 4.34 Å². The molecule has 1 saturated heterocycles. The van der Waals surface area contributed by atoms with Crippen LogP contribution in [0.1, 0.15) is 16.0 Å². The molecular weight excluding hydrogens is 354 g/mol. The number of carbonyl (C=O) groups is 1. The molecule has 25 heavy (non-hydrogen) atoms. The number of hydrogen-bond acceptors (Lipinski definition) is 4. The molecule has 1 aliphatic heterocycles. The van der Waals surface area contributed by atoms with Crippen molar-refractivity contribution < 1.29 is 4.79 Å². The summed E-state index contributed by atoms with van der Waals surface area (Å²) in [7, 11) is 0. The third kappa shape index (κ3) is 5.82. The fraction of sp³-hybridized carbons (Fsp3) is 0.421. The summed E-state index contributed by atoms with van der Waals surface area (Å²) in [5.74, 6) is 0.0964. The maximum absolute atomic E-state index is 12.1. The second-order valence-corrected chi connectivity index (χ2v) is 8.32. The molecule has 1 aromatic heterocycles. The van der Waals surface area contributed by atoms with Gasteiger partial charge in [-0.15, -0.1) is 11.3 Å². The van der Waals surface area contributed by atoms with Gasteiger partial charge in [0.15, 0.2) is 0 Å². The second kappa shape index (κ2) is 8.81. The molecule has 0 aliphatic carbocycles. The Labute approximate surface area is 158 Å². The number of hydrogen-bond donors (Lipinski definition) is 1. The summed E-state index contributed by atoms with van der Waals surface area (Å²) in [6, 6.07) is 12.3. The summed E-state index contributed by atoms with van der Waals surface area (Å²) in [6.07, 6.45) is 0. The van der Waals surface area contributed by atoms with Crippen LogP contribution in [0.15, 0.2) is 36.4 Å². The van der Waals surface area contributed by atoms with E-state index >= 15 is 0 Å². The van der Waals surface area contributed by atoms with Crippen LogP contribution in [-0.2, 0) is 17.9 Å². The van der Waals surface area contributed by atoms with Crippen LogP contribution in [0.4, 0.5) is 0 Å². The molecule has 0 spiro atoms. The molecule has 0 radical (unpaired) electrons. The third-order valence-electron chi connectivity index (χ3n) is 4.45. The lowest BCUT2D eigenvalue weighted by atomic mass is 10.1. The predicted molar refractivity (Wildman–Crippen MR) is 104 cm³/mol. The number of aryl methyl sites for hydroxylation is 1. The Kier molecular flexibility index (Phi) is 6.48. The lowest BCUT2D eigenvalue weighted by Crippen LogP contribution is -2.48. The number of nitrogens with one attached hydrogen (secondary N) is 1. The number of carbonyl (C=O) groups excluding carboxylic acids is 1. The third-order valence-corrected chi connectivity index (χ3v) is 5.67. The highest BCUT2D eigenvalue weighted by Gasteiger charge is 2.19. The Hall–Kier alpha value is -1.40. The number of halogens is 1. The van der Waals surface area contributed by atoms with Crippen molar-refractivity contribution in [1.82, 2.24) is 15.1 Å². The van der Waals surface area contributed by atoms with Crippen LogP contribution in [0, 0.1) is 6.92 Å². The van der Waals surface area contributed by atoms with Gasteiger partial charge in [-0.25, -0.2) is 0 Å². The maximum atomic E-state index is 12.1. The van der Waals surface area contributed by atoms with Crippen LogP contribution >= 0.6 is 22.9 Å². The fourth-order valence-electron chi connectivity index (χ4n) is 2.93. The van der Waals surface area contributed by atoms with Gasteiger partial charge in [-0.05, 0) is 24.6 Å². The second-order valence-electron chi connectivity index (χ2n) is 6.52. The van der Waals surface area contributed by atoms with Crippen molar-refractivity contribution in [2.75, 3.05) is 32.7 Å². The van der Waals surface area contributed by atoms with Crippen LogP contribution in [0.5, 0.6) is 0 Å². The van der Waals surface area contributed by atoms with Crippen molar-refractivity contribution in [3.05, 3.63) is 56.7 Å². The number of piperazine rings is 1. The van der Waals surface area contributed by atoms with Gasteiger partial charge >= 0.3 is 0 Å². The average Bonchev–Trinajstić information content (AvgIpc) is 3.01. The first-order chi connectivity index (χ1) is 12.1. The quantitative estimate of drug-likeness (QED) is 0.840. The molecule has 0 bridgehead atoms. The highest BCUT2D eigenvalue weighted by molar-refractivity contribution is 7.16. The first-order valence-corrected chi connectivity index (χ1v) is 9.79. The Balaban J connectivity index is 1.36. The highest BCUT2D eigenvalue weighted by atomic mass is 35.5. The summed E-state index contributed by atoms with van der Waals surface area (Å²) in [5, 5.41) is 3.01. The normalized spacial score (nSPS) is 16.1. The minimum Gasteiger partial charge on any atom is -0.351 e. The molecule has 134 valence electrons. The Morgan fingerprint density at radius 2 is 1.76 bits per heavy atom. The van der Waals surface area contributed by atoms with E-state index in [1.807, 2.05) is 6.07 Å². The molecular formula is C19H24ClN3OS. The predicted octanol–water partition coefficient (Wildman–Crippen LogP) is 3.14. The first-order valence-electron chi connectivity index (χ1n) is 8.59. The van der Waals surface area contributed by atoms with Crippen molar-refractivity contribution in [3.8, 4) is 0 Å². The van der Waals surface area contributed by atoms with E-state index < -0.39 is 0 Å². The molecule has 4 nitrogen and oxygen atoms in total. The van der Waals surface area contributed by atoms with E-state index in [0.717, 1.165) is 42.6 Å². The van der Waals surface area contributed by atoms with Gasteiger partial charge in [0.25, 0.3) is 0 Å². The Bertz CT molecular complexity index is 693. The molecule has 3 rings (SSSR count). The van der Waals surface area contributed by atoms with E-state index in [9.17, 15) is 4.79 Å². The SMILES string of the molecule is Cc1ccc(CNC(=O)CN2CCN(Cc3ccc(Cl)s3)CC2)cc1. The smallest absolute Gasteiger partial charge is 0.234 e. The van der Waals surface area contributed by atoms with Crippen molar-refractivity contribution >= 4 is 28.8 Å². The minimum absolute atomic E-state index is 0.0964. The van der Waals surface area contributed by atoms with Gasteiger partial charge in [-0.2, -0.15) is 0 Å². The Morgan fingerprint density at radius 1 is 1.08 bits per heavy atom. The van der Waals surface area contributed by atoms with Crippen LogP contribution in [0.3, 0.4) is 0 Å². The van der Waals surface area contributed by atoms with E-state index in [0.29, 0.717) is 13.1 Å². The van der Waals surface area contributed by atoms with E-state index in [1.165, 1.54) is 10.4 Å². The number of amides is 1. The lowest BCUT2D eigenvalue weighted by Gasteiger charge is -2.34. The molecule has 1 aromatic carbocycles. The van der Waals surface area contributed by atoms with Gasteiger partial charge < -0.3 is 5.32 Å². The van der Waals surface area contributed by atoms with Crippen molar-refractivity contribution in [2.24, 2.45) is 0 Å². The standard InChI is InChI=1S/C19H24ClN3OS/c1-15-2-4-16(5-3-15)12-21-19(24)14-23-10-8-22(9-11-23)13-17-6-7-18(20)25-17/h2-7H,8-14H2,1H3,(H,21,24). The average molecular weight is 378 g/mol. The van der Waals surface area contributed by atoms with Gasteiger partial charge in [0.05, 0.1) is 10.9 Å². The van der Waals surface area contributed by atoms with Gasteiger partial charge in [0, 0.05) is 44.1 Å². The zero-order chi connectivity index (χ0) is 17.6. The maximum Gasteiger partial charge on any atom is 0.234 e. The molecule has 0 unspecified atom stereocenters. The molecule has 6 heteroatoms. The Morgan fingerprint density at radius 3 is 2.40 bits per heavy atom. The number of benzene rings is 1. The van der Waals surface area contributed by atoms with Crippen molar-refractivity contribution in [2.45, 2.75) is 20.0 Å². The fourth-order valence-corrected chi connectivity index (χ4v) is 4.06. The van der Waals surface area contributed by atoms with Crippen molar-refractivity contribution in [3.63, 3.8) is 0 Å². The van der Waals surface area contributed by atoms with Crippen LogP contribution in [0.25, 0.3) is 0 Å². The van der Waals surface area contributed by atoms with Gasteiger partial charge in [0.1, 0.15) is 0 Å². The summed E-state index contributed by atoms with van der Waals surface area (Å²) in [6.45, 7) is 7.91. The molecule has 2 aromatic rings. The monoisotopic (exact) mass is 377 g/mol. The highest BCUT2D eigenvalue weighted by Crippen LogP contribution is 2.23. The molecule has 0 atom stereocenters. The summed E-state index contributed by atoms with van der Waals surface area (Å²) in [4.78, 5) is 18.1. The minimum atomic E-state index is 0.0964. The number of nitrogens with zero attached hydrogens (tertiary/aromatic N) is 2. The van der Waals surface area contributed by atoms with Crippen molar-refractivity contribution in [1.29, 1.82) is 0 Å². The van der Waals surface area contributed by atoms with Crippen LogP contribution in [-0.4, -0.2) is 48.4 Å². The van der Waals surface area contributed by atoms with Gasteiger partial charge in [-0.1, -0.05) is 41.4 Å². The van der Waals surface area contributed by atoms with Crippen LogP contribution < -0.4 is 5.32 Å². The first kappa shape index (κ1) is 18.4. The summed E-state index contributed by atoms with van der Waals surface area (Å²) in [5.41, 5.74) is 2.37. The molecule has 0 saturated carbocycles. The molecule has 1 amide bonds. The summed E-state index contributed by atoms with van der Waals surface area (Å²) < 4.78 is 0.846. The summed E-state index contributed by atoms with van der Waals surface area (Å²) >= 11 is 7.63. The van der Waals surface area contributed by atoms with E-state index in [2.05, 4.69) is 52.4 Å². The number of thiophene rings is 1. The molecule has 1 aliphatic rings.